The average molecular weight is 258 g/mol. The van der Waals surface area contributed by atoms with Gasteiger partial charge in [0.1, 0.15) is 0 Å². The average Bonchev–Trinajstić information content (AvgIpc) is 3.11. The Hall–Kier alpha value is -1.30. The minimum Gasteiger partial charge on any atom is -0.481 e. The van der Waals surface area contributed by atoms with Crippen molar-refractivity contribution >= 4 is 12.0 Å². The third-order valence-corrected chi connectivity index (χ3v) is 3.05. The van der Waals surface area contributed by atoms with E-state index in [9.17, 15) is 9.59 Å². The number of ether oxygens (including phenoxy) is 1. The molecule has 0 aliphatic heterocycles. The number of methoxy groups -OCH3 is 1. The second-order valence-electron chi connectivity index (χ2n) is 5.27. The molecule has 1 rings (SSSR count). The number of hydrogen-bond acceptors (Lipinski definition) is 3. The SMILES string of the molecule is COCCN(C(=O)NCC(C)(C)C(=O)O)C1CC1. The first-order chi connectivity index (χ1) is 8.38. The number of urea groups is 1. The maximum Gasteiger partial charge on any atom is 0.317 e. The fraction of sp³-hybridized carbons (Fsp3) is 0.833. The van der Waals surface area contributed by atoms with Crippen LogP contribution in [0, 0.1) is 5.41 Å². The van der Waals surface area contributed by atoms with E-state index < -0.39 is 11.4 Å². The van der Waals surface area contributed by atoms with Gasteiger partial charge >= 0.3 is 12.0 Å². The normalized spacial score (nSPS) is 15.3. The van der Waals surface area contributed by atoms with E-state index in [0.717, 1.165) is 12.8 Å². The predicted octanol–water partition coefficient (Wildman–Crippen LogP) is 0.918. The molecule has 6 nitrogen and oxygen atoms in total. The van der Waals surface area contributed by atoms with Gasteiger partial charge in [-0.25, -0.2) is 4.79 Å². The van der Waals surface area contributed by atoms with Gasteiger partial charge < -0.3 is 20.1 Å². The van der Waals surface area contributed by atoms with Crippen molar-refractivity contribution in [2.24, 2.45) is 5.41 Å². The van der Waals surface area contributed by atoms with Gasteiger partial charge in [0.05, 0.1) is 12.0 Å². The van der Waals surface area contributed by atoms with Gasteiger partial charge in [-0.15, -0.1) is 0 Å². The van der Waals surface area contributed by atoms with Crippen molar-refractivity contribution in [2.45, 2.75) is 32.7 Å². The van der Waals surface area contributed by atoms with Crippen LogP contribution in [0.3, 0.4) is 0 Å². The van der Waals surface area contributed by atoms with Crippen LogP contribution in [0.5, 0.6) is 0 Å². The summed E-state index contributed by atoms with van der Waals surface area (Å²) in [6.45, 7) is 4.34. The van der Waals surface area contributed by atoms with Crippen LogP contribution in [0.4, 0.5) is 4.79 Å². The standard InChI is InChI=1S/C12H22N2O4/c1-12(2,10(15)16)8-13-11(17)14(6-7-18-3)9-4-5-9/h9H,4-8H2,1-3H3,(H,13,17)(H,15,16). The van der Waals surface area contributed by atoms with Gasteiger partial charge in [-0.3, -0.25) is 4.79 Å². The van der Waals surface area contributed by atoms with Crippen LogP contribution in [-0.2, 0) is 9.53 Å². The molecule has 0 aromatic heterocycles. The van der Waals surface area contributed by atoms with Gasteiger partial charge in [0.15, 0.2) is 0 Å². The molecule has 0 bridgehead atoms. The first-order valence-corrected chi connectivity index (χ1v) is 6.15. The summed E-state index contributed by atoms with van der Waals surface area (Å²) < 4.78 is 4.97. The van der Waals surface area contributed by atoms with Crippen LogP contribution in [0.1, 0.15) is 26.7 Å². The van der Waals surface area contributed by atoms with Gasteiger partial charge in [0.25, 0.3) is 0 Å². The summed E-state index contributed by atoms with van der Waals surface area (Å²) in [6.07, 6.45) is 2.03. The second-order valence-corrected chi connectivity index (χ2v) is 5.27. The molecule has 0 saturated heterocycles. The maximum absolute atomic E-state index is 12.0. The van der Waals surface area contributed by atoms with Crippen molar-refractivity contribution in [3.05, 3.63) is 0 Å². The molecule has 1 aliphatic rings. The van der Waals surface area contributed by atoms with Crippen molar-refractivity contribution in [2.75, 3.05) is 26.8 Å². The zero-order chi connectivity index (χ0) is 13.8. The highest BCUT2D eigenvalue weighted by atomic mass is 16.5. The number of nitrogens with one attached hydrogen (secondary N) is 1. The highest BCUT2D eigenvalue weighted by molar-refractivity contribution is 5.78. The largest absolute Gasteiger partial charge is 0.481 e. The lowest BCUT2D eigenvalue weighted by molar-refractivity contribution is -0.146. The zero-order valence-corrected chi connectivity index (χ0v) is 11.2. The fourth-order valence-electron chi connectivity index (χ4n) is 1.50. The molecule has 0 unspecified atom stereocenters. The van der Waals surface area contributed by atoms with E-state index in [1.54, 1.807) is 25.9 Å². The van der Waals surface area contributed by atoms with Gasteiger partial charge in [0, 0.05) is 26.2 Å². The number of rotatable bonds is 7. The predicted molar refractivity (Wildman–Crippen MR) is 66.4 cm³/mol. The molecule has 0 atom stereocenters. The van der Waals surface area contributed by atoms with E-state index in [1.807, 2.05) is 0 Å². The molecule has 0 spiro atoms. The van der Waals surface area contributed by atoms with Crippen molar-refractivity contribution in [3.8, 4) is 0 Å². The van der Waals surface area contributed by atoms with Gasteiger partial charge in [-0.2, -0.15) is 0 Å². The van der Waals surface area contributed by atoms with Crippen LogP contribution < -0.4 is 5.32 Å². The number of aliphatic carboxylic acids is 1. The Morgan fingerprint density at radius 2 is 2.06 bits per heavy atom. The van der Waals surface area contributed by atoms with E-state index in [4.69, 9.17) is 9.84 Å². The fourth-order valence-corrected chi connectivity index (χ4v) is 1.50. The van der Waals surface area contributed by atoms with E-state index in [2.05, 4.69) is 5.32 Å². The molecule has 2 N–H and O–H groups in total. The van der Waals surface area contributed by atoms with E-state index in [-0.39, 0.29) is 18.6 Å². The van der Waals surface area contributed by atoms with E-state index >= 15 is 0 Å². The van der Waals surface area contributed by atoms with Crippen molar-refractivity contribution in [1.82, 2.24) is 10.2 Å². The molecule has 0 heterocycles. The summed E-state index contributed by atoms with van der Waals surface area (Å²) in [5, 5.41) is 11.7. The maximum atomic E-state index is 12.0. The Morgan fingerprint density at radius 1 is 1.44 bits per heavy atom. The molecule has 0 aromatic carbocycles. The Bertz CT molecular complexity index is 313. The molecule has 1 saturated carbocycles. The lowest BCUT2D eigenvalue weighted by atomic mass is 9.94. The summed E-state index contributed by atoms with van der Waals surface area (Å²) in [6, 6.07) is 0.0805. The number of carboxylic acids is 1. The summed E-state index contributed by atoms with van der Waals surface area (Å²) in [7, 11) is 1.59. The molecule has 104 valence electrons. The van der Waals surface area contributed by atoms with E-state index in [1.165, 1.54) is 0 Å². The quantitative estimate of drug-likeness (QED) is 0.711. The topological polar surface area (TPSA) is 78.9 Å². The number of amides is 2. The lowest BCUT2D eigenvalue weighted by Gasteiger charge is -2.25. The molecule has 0 aromatic rings. The summed E-state index contributed by atoms with van der Waals surface area (Å²) in [4.78, 5) is 24.6. The third kappa shape index (κ3) is 4.18. The Morgan fingerprint density at radius 3 is 2.50 bits per heavy atom. The smallest absolute Gasteiger partial charge is 0.317 e. The van der Waals surface area contributed by atoms with Crippen molar-refractivity contribution in [3.63, 3.8) is 0 Å². The minimum absolute atomic E-state index is 0.122. The van der Waals surface area contributed by atoms with Crippen molar-refractivity contribution in [1.29, 1.82) is 0 Å². The van der Waals surface area contributed by atoms with Crippen LogP contribution in [0.25, 0.3) is 0 Å². The second kappa shape index (κ2) is 6.04. The lowest BCUT2D eigenvalue weighted by Crippen LogP contribution is -2.47. The molecule has 0 radical (unpaired) electrons. The molecular weight excluding hydrogens is 236 g/mol. The van der Waals surface area contributed by atoms with Crippen LogP contribution in [-0.4, -0.2) is 54.9 Å². The summed E-state index contributed by atoms with van der Waals surface area (Å²) in [5.41, 5.74) is -0.952. The highest BCUT2D eigenvalue weighted by Gasteiger charge is 2.34. The molecular formula is C12H22N2O4. The van der Waals surface area contributed by atoms with Crippen molar-refractivity contribution < 1.29 is 19.4 Å². The number of carboxylic acid groups (broad SMARTS) is 1. The van der Waals surface area contributed by atoms with Crippen LogP contribution in [0.15, 0.2) is 0 Å². The monoisotopic (exact) mass is 258 g/mol. The number of hydrogen-bond donors (Lipinski definition) is 2. The molecule has 1 aliphatic carbocycles. The Labute approximate surface area is 107 Å². The summed E-state index contributed by atoms with van der Waals surface area (Å²) in [5.74, 6) is -0.919. The Balaban J connectivity index is 2.44. The number of carbonyl (C=O) groups is 2. The zero-order valence-electron chi connectivity index (χ0n) is 11.2. The molecule has 6 heteroatoms. The third-order valence-electron chi connectivity index (χ3n) is 3.05. The van der Waals surface area contributed by atoms with Gasteiger partial charge in [-0.1, -0.05) is 0 Å². The van der Waals surface area contributed by atoms with Crippen LogP contribution >= 0.6 is 0 Å². The minimum atomic E-state index is -0.952. The summed E-state index contributed by atoms with van der Waals surface area (Å²) >= 11 is 0. The van der Waals surface area contributed by atoms with Gasteiger partial charge in [-0.05, 0) is 26.7 Å². The first kappa shape index (κ1) is 14.8. The number of nitrogens with zero attached hydrogens (tertiary/aromatic N) is 1. The highest BCUT2D eigenvalue weighted by Crippen LogP contribution is 2.26. The van der Waals surface area contributed by atoms with Crippen LogP contribution in [0.2, 0.25) is 0 Å². The van der Waals surface area contributed by atoms with E-state index in [0.29, 0.717) is 13.2 Å². The number of carbonyl (C=O) groups excluding carboxylic acids is 1. The molecule has 1 fully saturated rings. The first-order valence-electron chi connectivity index (χ1n) is 6.15. The molecule has 2 amide bonds. The van der Waals surface area contributed by atoms with Gasteiger partial charge in [0.2, 0.25) is 0 Å². The molecule has 18 heavy (non-hydrogen) atoms. The Kier molecular flexibility index (Phi) is 4.95.